The van der Waals surface area contributed by atoms with Crippen LogP contribution in [-0.4, -0.2) is 35.8 Å². The second-order valence-corrected chi connectivity index (χ2v) is 7.34. The van der Waals surface area contributed by atoms with Gasteiger partial charge >= 0.3 is 0 Å². The Morgan fingerprint density at radius 1 is 1.04 bits per heavy atom. The number of carbonyl (C=O) groups is 2. The summed E-state index contributed by atoms with van der Waals surface area (Å²) in [5.41, 5.74) is 2.46. The third kappa shape index (κ3) is 4.48. The van der Waals surface area contributed by atoms with E-state index < -0.39 is 0 Å². The minimum absolute atomic E-state index is 0.0650. The monoisotopic (exact) mass is 400 g/mol. The lowest BCUT2D eigenvalue weighted by Gasteiger charge is -2.32. The van der Waals surface area contributed by atoms with Crippen molar-refractivity contribution in [2.24, 2.45) is 0 Å². The van der Waals surface area contributed by atoms with E-state index in [1.807, 2.05) is 54.3 Å². The van der Waals surface area contributed by atoms with Gasteiger partial charge in [0.15, 0.2) is 0 Å². The van der Waals surface area contributed by atoms with E-state index in [9.17, 15) is 9.59 Å². The van der Waals surface area contributed by atoms with Gasteiger partial charge in [0.05, 0.1) is 0 Å². The van der Waals surface area contributed by atoms with Gasteiger partial charge < -0.3 is 10.2 Å². The van der Waals surface area contributed by atoms with Crippen molar-refractivity contribution >= 4 is 27.7 Å². The number of benzene rings is 2. The molecule has 1 aliphatic heterocycles. The van der Waals surface area contributed by atoms with Crippen LogP contribution in [0.1, 0.15) is 39.1 Å². The van der Waals surface area contributed by atoms with Crippen molar-refractivity contribution in [1.82, 2.24) is 10.2 Å². The van der Waals surface area contributed by atoms with Gasteiger partial charge in [-0.2, -0.15) is 0 Å². The van der Waals surface area contributed by atoms with Crippen molar-refractivity contribution in [3.05, 3.63) is 69.7 Å². The molecule has 2 aromatic carbocycles. The number of hydrogen-bond acceptors (Lipinski definition) is 2. The number of aryl methyl sites for hydroxylation is 1. The first-order chi connectivity index (χ1) is 12.0. The molecule has 0 aromatic heterocycles. The lowest BCUT2D eigenvalue weighted by Crippen LogP contribution is -2.46. The summed E-state index contributed by atoms with van der Waals surface area (Å²) in [4.78, 5) is 26.8. The van der Waals surface area contributed by atoms with Crippen LogP contribution in [0.4, 0.5) is 0 Å². The third-order valence-electron chi connectivity index (χ3n) is 4.47. The molecule has 1 heterocycles. The van der Waals surface area contributed by atoms with Gasteiger partial charge in [0.1, 0.15) is 0 Å². The van der Waals surface area contributed by atoms with Crippen LogP contribution in [0.2, 0.25) is 0 Å². The van der Waals surface area contributed by atoms with Gasteiger partial charge in [-0.15, -0.1) is 0 Å². The van der Waals surface area contributed by atoms with Crippen LogP contribution in [-0.2, 0) is 0 Å². The molecular weight excluding hydrogens is 380 g/mol. The zero-order valence-electron chi connectivity index (χ0n) is 14.2. The van der Waals surface area contributed by atoms with Crippen LogP contribution in [0.25, 0.3) is 0 Å². The minimum Gasteiger partial charge on any atom is -0.349 e. The summed E-state index contributed by atoms with van der Waals surface area (Å²) in [5.74, 6) is 0.00484. The van der Waals surface area contributed by atoms with Crippen LogP contribution >= 0.6 is 15.9 Å². The molecule has 2 aromatic rings. The fourth-order valence-corrected chi connectivity index (χ4v) is 3.49. The highest BCUT2D eigenvalue weighted by atomic mass is 79.9. The molecule has 0 aliphatic carbocycles. The van der Waals surface area contributed by atoms with Gasteiger partial charge in [-0.25, -0.2) is 0 Å². The first-order valence-electron chi connectivity index (χ1n) is 8.45. The van der Waals surface area contributed by atoms with Crippen LogP contribution in [0.5, 0.6) is 0 Å². The number of carbonyl (C=O) groups excluding carboxylic acids is 2. The topological polar surface area (TPSA) is 49.4 Å². The fourth-order valence-electron chi connectivity index (χ4n) is 3.09. The van der Waals surface area contributed by atoms with Crippen molar-refractivity contribution in [2.75, 3.05) is 13.1 Å². The number of amides is 2. The average molecular weight is 401 g/mol. The Labute approximate surface area is 156 Å². The number of halogens is 1. The standard InChI is InChI=1S/C20H21BrN2O2/c1-14-4-2-6-16(12-14)20(25)23-10-8-18(9-11-23)22-19(24)15-5-3-7-17(21)13-15/h2-7,12-13,18H,8-11H2,1H3,(H,22,24). The second kappa shape index (κ2) is 7.83. The van der Waals surface area contributed by atoms with E-state index in [-0.39, 0.29) is 17.9 Å². The summed E-state index contributed by atoms with van der Waals surface area (Å²) in [5, 5.41) is 3.07. The van der Waals surface area contributed by atoms with E-state index in [1.54, 1.807) is 6.07 Å². The molecular formula is C20H21BrN2O2. The molecule has 4 nitrogen and oxygen atoms in total. The van der Waals surface area contributed by atoms with E-state index in [0.29, 0.717) is 18.7 Å². The lowest BCUT2D eigenvalue weighted by atomic mass is 10.0. The summed E-state index contributed by atoms with van der Waals surface area (Å²) < 4.78 is 0.888. The molecule has 0 saturated carbocycles. The van der Waals surface area contributed by atoms with Gasteiger partial charge in [0, 0.05) is 34.7 Å². The van der Waals surface area contributed by atoms with E-state index in [0.717, 1.165) is 28.4 Å². The van der Waals surface area contributed by atoms with Crippen LogP contribution in [0, 0.1) is 6.92 Å². The molecule has 0 atom stereocenters. The van der Waals surface area contributed by atoms with E-state index in [2.05, 4.69) is 21.2 Å². The Hall–Kier alpha value is -2.14. The highest BCUT2D eigenvalue weighted by molar-refractivity contribution is 9.10. The van der Waals surface area contributed by atoms with Crippen molar-refractivity contribution in [3.8, 4) is 0 Å². The molecule has 1 N–H and O–H groups in total. The molecule has 2 amide bonds. The third-order valence-corrected chi connectivity index (χ3v) is 4.96. The number of nitrogens with zero attached hydrogens (tertiary/aromatic N) is 1. The molecule has 25 heavy (non-hydrogen) atoms. The molecule has 0 unspecified atom stereocenters. The molecule has 0 spiro atoms. The van der Waals surface area contributed by atoms with E-state index in [4.69, 9.17) is 0 Å². The fraction of sp³-hybridized carbons (Fsp3) is 0.300. The van der Waals surface area contributed by atoms with Gasteiger partial charge in [0.25, 0.3) is 11.8 Å². The van der Waals surface area contributed by atoms with Crippen LogP contribution in [0.15, 0.2) is 53.0 Å². The zero-order valence-corrected chi connectivity index (χ0v) is 15.8. The van der Waals surface area contributed by atoms with Gasteiger partial charge in [0.2, 0.25) is 0 Å². The van der Waals surface area contributed by atoms with Gasteiger partial charge in [-0.05, 0) is 50.1 Å². The molecule has 1 fully saturated rings. The van der Waals surface area contributed by atoms with Crippen molar-refractivity contribution in [2.45, 2.75) is 25.8 Å². The minimum atomic E-state index is -0.0650. The molecule has 130 valence electrons. The average Bonchev–Trinajstić information content (AvgIpc) is 2.62. The van der Waals surface area contributed by atoms with Crippen molar-refractivity contribution in [3.63, 3.8) is 0 Å². The highest BCUT2D eigenvalue weighted by Crippen LogP contribution is 2.16. The second-order valence-electron chi connectivity index (χ2n) is 6.42. The number of hydrogen-bond donors (Lipinski definition) is 1. The lowest BCUT2D eigenvalue weighted by molar-refractivity contribution is 0.0698. The molecule has 3 rings (SSSR count). The summed E-state index contributed by atoms with van der Waals surface area (Å²) in [6.45, 7) is 3.31. The number of piperidine rings is 1. The number of rotatable bonds is 3. The maximum Gasteiger partial charge on any atom is 0.253 e. The SMILES string of the molecule is Cc1cccc(C(=O)N2CCC(NC(=O)c3cccc(Br)c3)CC2)c1. The Morgan fingerprint density at radius 3 is 2.40 bits per heavy atom. The molecule has 1 aliphatic rings. The Kier molecular flexibility index (Phi) is 5.53. The Balaban J connectivity index is 1.55. The smallest absolute Gasteiger partial charge is 0.253 e. The predicted octanol–water partition coefficient (Wildman–Crippen LogP) is 3.79. The maximum absolute atomic E-state index is 12.6. The van der Waals surface area contributed by atoms with Gasteiger partial charge in [-0.3, -0.25) is 9.59 Å². The normalized spacial score (nSPS) is 15.0. The maximum atomic E-state index is 12.6. The zero-order chi connectivity index (χ0) is 17.8. The summed E-state index contributed by atoms with van der Waals surface area (Å²) in [6.07, 6.45) is 1.55. The van der Waals surface area contributed by atoms with Gasteiger partial charge in [-0.1, -0.05) is 39.7 Å². The Morgan fingerprint density at radius 2 is 1.72 bits per heavy atom. The van der Waals surface area contributed by atoms with Crippen molar-refractivity contribution in [1.29, 1.82) is 0 Å². The summed E-state index contributed by atoms with van der Waals surface area (Å²) >= 11 is 3.38. The molecule has 1 saturated heterocycles. The molecule has 0 radical (unpaired) electrons. The predicted molar refractivity (Wildman–Crippen MR) is 102 cm³/mol. The first-order valence-corrected chi connectivity index (χ1v) is 9.24. The van der Waals surface area contributed by atoms with Crippen molar-refractivity contribution < 1.29 is 9.59 Å². The van der Waals surface area contributed by atoms with Crippen LogP contribution in [0.3, 0.4) is 0 Å². The molecule has 5 heteroatoms. The largest absolute Gasteiger partial charge is 0.349 e. The Bertz CT molecular complexity index is 783. The van der Waals surface area contributed by atoms with E-state index in [1.165, 1.54) is 0 Å². The van der Waals surface area contributed by atoms with Crippen LogP contribution < -0.4 is 5.32 Å². The quantitative estimate of drug-likeness (QED) is 0.851. The highest BCUT2D eigenvalue weighted by Gasteiger charge is 2.24. The first kappa shape index (κ1) is 17.7. The number of likely N-dealkylation sites (tertiary alicyclic amines) is 1. The number of nitrogens with one attached hydrogen (secondary N) is 1. The molecule has 0 bridgehead atoms. The van der Waals surface area contributed by atoms with E-state index >= 15 is 0 Å². The summed E-state index contributed by atoms with van der Waals surface area (Å²) in [7, 11) is 0. The summed E-state index contributed by atoms with van der Waals surface area (Å²) in [6, 6.07) is 15.1.